The third kappa shape index (κ3) is 3.10. The summed E-state index contributed by atoms with van der Waals surface area (Å²) in [5.74, 6) is 0.144. The third-order valence-electron chi connectivity index (χ3n) is 2.50. The van der Waals surface area contributed by atoms with E-state index in [9.17, 15) is 10.1 Å². The van der Waals surface area contributed by atoms with Crippen LogP contribution in [0.5, 0.6) is 5.75 Å². The van der Waals surface area contributed by atoms with Gasteiger partial charge in [-0.1, -0.05) is 22.0 Å². The Morgan fingerprint density at radius 2 is 2.25 bits per heavy atom. The average molecular weight is 334 g/mol. The second kappa shape index (κ2) is 6.12. The number of nitro groups is 1. The highest BCUT2D eigenvalue weighted by Gasteiger charge is 2.16. The number of aromatic nitrogens is 1. The smallest absolute Gasteiger partial charge is 0.312 e. The van der Waals surface area contributed by atoms with Gasteiger partial charge in [-0.25, -0.2) is 4.98 Å². The molecular formula is C13H8BrN3O3. The molecule has 1 heterocycles. The Bertz CT molecular complexity index is 698. The molecule has 0 spiro atoms. The van der Waals surface area contributed by atoms with Crippen LogP contribution < -0.4 is 4.74 Å². The van der Waals surface area contributed by atoms with Crippen LogP contribution in [0.1, 0.15) is 11.3 Å². The van der Waals surface area contributed by atoms with Gasteiger partial charge in [-0.2, -0.15) is 5.26 Å². The van der Waals surface area contributed by atoms with Crippen molar-refractivity contribution in [1.29, 1.82) is 5.26 Å². The van der Waals surface area contributed by atoms with Gasteiger partial charge in [0.15, 0.2) is 5.75 Å². The van der Waals surface area contributed by atoms with Crippen molar-refractivity contribution in [3.63, 3.8) is 0 Å². The van der Waals surface area contributed by atoms with Crippen LogP contribution in [0.3, 0.4) is 0 Å². The predicted molar refractivity (Wildman–Crippen MR) is 74.1 cm³/mol. The molecule has 100 valence electrons. The zero-order valence-corrected chi connectivity index (χ0v) is 11.7. The van der Waals surface area contributed by atoms with Gasteiger partial charge in [0.05, 0.1) is 4.92 Å². The van der Waals surface area contributed by atoms with Crippen LogP contribution in [0.2, 0.25) is 0 Å². The van der Waals surface area contributed by atoms with Crippen molar-refractivity contribution in [2.45, 2.75) is 6.61 Å². The zero-order chi connectivity index (χ0) is 14.5. The standard InChI is InChI=1S/C13H8BrN3O3/c14-10-3-4-13(12(6-10)17(18)19)20-8-9-2-1-5-16-11(9)7-15/h1-6H,8H2. The molecule has 0 aliphatic heterocycles. The third-order valence-corrected chi connectivity index (χ3v) is 2.99. The number of nitriles is 1. The van der Waals surface area contributed by atoms with Crippen LogP contribution >= 0.6 is 15.9 Å². The number of halogens is 1. The Hall–Kier alpha value is -2.46. The predicted octanol–water partition coefficient (Wildman–Crippen LogP) is 3.20. The fourth-order valence-electron chi connectivity index (χ4n) is 1.57. The van der Waals surface area contributed by atoms with Crippen molar-refractivity contribution in [1.82, 2.24) is 4.98 Å². The molecule has 1 aromatic carbocycles. The minimum Gasteiger partial charge on any atom is -0.482 e. The first kappa shape index (κ1) is 14.0. The van der Waals surface area contributed by atoms with Crippen LogP contribution in [0.25, 0.3) is 0 Å². The van der Waals surface area contributed by atoms with Gasteiger partial charge < -0.3 is 4.74 Å². The SMILES string of the molecule is N#Cc1ncccc1COc1ccc(Br)cc1[N+](=O)[O-]. The molecule has 0 N–H and O–H groups in total. The number of hydrogen-bond acceptors (Lipinski definition) is 5. The Balaban J connectivity index is 2.24. The molecule has 0 unspecified atom stereocenters. The van der Waals surface area contributed by atoms with Gasteiger partial charge in [-0.3, -0.25) is 10.1 Å². The van der Waals surface area contributed by atoms with E-state index in [1.54, 1.807) is 18.2 Å². The molecule has 0 radical (unpaired) electrons. The molecule has 0 aliphatic rings. The molecule has 0 fully saturated rings. The molecule has 7 heteroatoms. The summed E-state index contributed by atoms with van der Waals surface area (Å²) in [5, 5.41) is 19.9. The molecule has 20 heavy (non-hydrogen) atoms. The van der Waals surface area contributed by atoms with Gasteiger partial charge >= 0.3 is 5.69 Å². The minimum absolute atomic E-state index is 0.0409. The summed E-state index contributed by atoms with van der Waals surface area (Å²) >= 11 is 3.17. The first-order valence-electron chi connectivity index (χ1n) is 5.52. The van der Waals surface area contributed by atoms with Crippen LogP contribution in [0.4, 0.5) is 5.69 Å². The second-order valence-corrected chi connectivity index (χ2v) is 4.70. The maximum absolute atomic E-state index is 10.9. The zero-order valence-electron chi connectivity index (χ0n) is 10.1. The number of hydrogen-bond donors (Lipinski definition) is 0. The summed E-state index contributed by atoms with van der Waals surface area (Å²) in [7, 11) is 0. The number of nitro benzene ring substituents is 1. The first-order valence-corrected chi connectivity index (χ1v) is 6.32. The van der Waals surface area contributed by atoms with Crippen molar-refractivity contribution in [3.8, 4) is 11.8 Å². The van der Waals surface area contributed by atoms with Gasteiger partial charge in [0, 0.05) is 22.3 Å². The molecule has 2 aromatic rings. The summed E-state index contributed by atoms with van der Waals surface area (Å²) in [6.07, 6.45) is 1.50. The molecule has 0 amide bonds. The Morgan fingerprint density at radius 1 is 1.45 bits per heavy atom. The van der Waals surface area contributed by atoms with E-state index >= 15 is 0 Å². The van der Waals surface area contributed by atoms with Gasteiger partial charge in [0.2, 0.25) is 0 Å². The van der Waals surface area contributed by atoms with Crippen LogP contribution in [0.15, 0.2) is 41.0 Å². The van der Waals surface area contributed by atoms with Crippen LogP contribution in [-0.4, -0.2) is 9.91 Å². The highest BCUT2D eigenvalue weighted by molar-refractivity contribution is 9.10. The number of nitrogens with zero attached hydrogens (tertiary/aromatic N) is 3. The highest BCUT2D eigenvalue weighted by atomic mass is 79.9. The Morgan fingerprint density at radius 3 is 2.95 bits per heavy atom. The summed E-state index contributed by atoms with van der Waals surface area (Å²) < 4.78 is 6.02. The fourth-order valence-corrected chi connectivity index (χ4v) is 1.92. The van der Waals surface area contributed by atoms with Crippen molar-refractivity contribution in [2.24, 2.45) is 0 Å². The monoisotopic (exact) mass is 333 g/mol. The van der Waals surface area contributed by atoms with Crippen molar-refractivity contribution < 1.29 is 9.66 Å². The maximum Gasteiger partial charge on any atom is 0.312 e. The molecule has 0 saturated heterocycles. The molecular weight excluding hydrogens is 326 g/mol. The van der Waals surface area contributed by atoms with Crippen molar-refractivity contribution in [2.75, 3.05) is 0 Å². The number of pyridine rings is 1. The lowest BCUT2D eigenvalue weighted by Gasteiger charge is -2.07. The van der Waals surface area contributed by atoms with Gasteiger partial charge in [0.1, 0.15) is 18.4 Å². The normalized spacial score (nSPS) is 9.80. The highest BCUT2D eigenvalue weighted by Crippen LogP contribution is 2.30. The summed E-state index contributed by atoms with van der Waals surface area (Å²) in [6, 6.07) is 9.83. The summed E-state index contributed by atoms with van der Waals surface area (Å²) in [5.41, 5.74) is 0.682. The van der Waals surface area contributed by atoms with E-state index in [0.29, 0.717) is 10.0 Å². The molecule has 6 nitrogen and oxygen atoms in total. The van der Waals surface area contributed by atoms with Gasteiger partial charge in [-0.15, -0.1) is 0 Å². The molecule has 2 rings (SSSR count). The lowest BCUT2D eigenvalue weighted by atomic mass is 10.2. The van der Waals surface area contributed by atoms with Crippen molar-refractivity contribution in [3.05, 3.63) is 62.4 Å². The summed E-state index contributed by atoms with van der Waals surface area (Å²) in [4.78, 5) is 14.3. The van der Waals surface area contributed by atoms with E-state index in [-0.39, 0.29) is 23.7 Å². The van der Waals surface area contributed by atoms with E-state index in [2.05, 4.69) is 20.9 Å². The van der Waals surface area contributed by atoms with Crippen molar-refractivity contribution >= 4 is 21.6 Å². The minimum atomic E-state index is -0.519. The molecule has 1 aromatic heterocycles. The maximum atomic E-state index is 10.9. The van der Waals surface area contributed by atoms with E-state index in [1.807, 2.05) is 6.07 Å². The number of benzene rings is 1. The van der Waals surface area contributed by atoms with Crippen LogP contribution in [0, 0.1) is 21.4 Å². The number of ether oxygens (including phenoxy) is 1. The molecule has 0 saturated carbocycles. The van der Waals surface area contributed by atoms with E-state index in [4.69, 9.17) is 10.00 Å². The average Bonchev–Trinajstić information content (AvgIpc) is 2.46. The summed E-state index contributed by atoms with van der Waals surface area (Å²) in [6.45, 7) is 0.0409. The lowest BCUT2D eigenvalue weighted by Crippen LogP contribution is -2.02. The van der Waals surface area contributed by atoms with Crippen LogP contribution in [-0.2, 0) is 6.61 Å². The molecule has 0 atom stereocenters. The quantitative estimate of drug-likeness (QED) is 0.633. The number of rotatable bonds is 4. The molecule has 0 bridgehead atoms. The lowest BCUT2D eigenvalue weighted by molar-refractivity contribution is -0.386. The largest absolute Gasteiger partial charge is 0.482 e. The Labute approximate surface area is 122 Å². The second-order valence-electron chi connectivity index (χ2n) is 3.78. The van der Waals surface area contributed by atoms with E-state index in [1.165, 1.54) is 18.3 Å². The van der Waals surface area contributed by atoms with Gasteiger partial charge in [0.25, 0.3) is 0 Å². The van der Waals surface area contributed by atoms with E-state index < -0.39 is 4.92 Å². The molecule has 0 aliphatic carbocycles. The van der Waals surface area contributed by atoms with E-state index in [0.717, 1.165) is 0 Å². The fraction of sp³-hybridized carbons (Fsp3) is 0.0769. The van der Waals surface area contributed by atoms with Gasteiger partial charge in [-0.05, 0) is 18.2 Å². The topological polar surface area (TPSA) is 89.0 Å². The Kier molecular flexibility index (Phi) is 4.27. The first-order chi connectivity index (χ1) is 9.61.